The van der Waals surface area contributed by atoms with E-state index in [1.54, 1.807) is 24.7 Å². The molecule has 8 heteroatoms. The molecule has 1 aliphatic heterocycles. The molecule has 4 aromatic heterocycles. The molecule has 1 unspecified atom stereocenters. The molecular weight excluding hydrogens is 464 g/mol. The number of aromatic nitrogens is 6. The topological polar surface area (TPSA) is 90.9 Å². The molecule has 1 N–H and O–H groups in total. The predicted octanol–water partition coefficient (Wildman–Crippen LogP) is 4.93. The normalized spacial score (nSPS) is 16.0. The maximum Gasteiger partial charge on any atom is 0.114 e. The Labute approximate surface area is 215 Å². The zero-order valence-corrected chi connectivity index (χ0v) is 21.7. The quantitative estimate of drug-likeness (QED) is 0.371. The van der Waals surface area contributed by atoms with Crippen molar-refractivity contribution in [2.24, 2.45) is 13.0 Å². The fraction of sp³-hybridized carbons (Fsp3) is 0.379. The van der Waals surface area contributed by atoms with E-state index in [0.29, 0.717) is 5.92 Å². The van der Waals surface area contributed by atoms with Crippen LogP contribution < -0.4 is 0 Å². The molecule has 37 heavy (non-hydrogen) atoms. The smallest absolute Gasteiger partial charge is 0.114 e. The maximum absolute atomic E-state index is 10.9. The summed E-state index contributed by atoms with van der Waals surface area (Å²) in [6, 6.07) is 15.0. The van der Waals surface area contributed by atoms with Crippen LogP contribution in [0.5, 0.6) is 0 Å². The van der Waals surface area contributed by atoms with Crippen molar-refractivity contribution in [3.8, 4) is 11.3 Å². The van der Waals surface area contributed by atoms with Crippen LogP contribution in [0.4, 0.5) is 0 Å². The first-order valence-electron chi connectivity index (χ1n) is 12.8. The number of aryl methyl sites for hydroxylation is 2. The minimum absolute atomic E-state index is 0.0618. The third-order valence-electron chi connectivity index (χ3n) is 7.59. The number of ether oxygens (including phenoxy) is 1. The summed E-state index contributed by atoms with van der Waals surface area (Å²) < 4.78 is 9.94. The second-order valence-corrected chi connectivity index (χ2v) is 10.6. The Bertz CT molecular complexity index is 1560. The van der Waals surface area contributed by atoms with Crippen LogP contribution in [0.2, 0.25) is 0 Å². The lowest BCUT2D eigenvalue weighted by Gasteiger charge is -2.33. The highest BCUT2D eigenvalue weighted by molar-refractivity contribution is 6.04. The van der Waals surface area contributed by atoms with Gasteiger partial charge >= 0.3 is 0 Å². The molecule has 1 aromatic carbocycles. The Balaban J connectivity index is 1.69. The zero-order valence-electron chi connectivity index (χ0n) is 21.7. The molecule has 5 heterocycles. The fourth-order valence-electron chi connectivity index (χ4n) is 5.70. The first kappa shape index (κ1) is 23.8. The molecule has 1 atom stereocenters. The Morgan fingerprint density at radius 2 is 1.68 bits per heavy atom. The number of rotatable bonds is 5. The second-order valence-electron chi connectivity index (χ2n) is 10.6. The number of hydrogen-bond donors (Lipinski definition) is 1. The summed E-state index contributed by atoms with van der Waals surface area (Å²) in [7, 11) is 1.90. The van der Waals surface area contributed by atoms with E-state index in [-0.39, 0.29) is 6.04 Å². The molecular formula is C29H32N6O2. The molecule has 190 valence electrons. The van der Waals surface area contributed by atoms with Crippen molar-refractivity contribution in [2.75, 3.05) is 13.2 Å². The van der Waals surface area contributed by atoms with Crippen molar-refractivity contribution in [3.63, 3.8) is 0 Å². The summed E-state index contributed by atoms with van der Waals surface area (Å²) in [6.07, 6.45) is 5.59. The Morgan fingerprint density at radius 3 is 2.32 bits per heavy atom. The van der Waals surface area contributed by atoms with E-state index in [1.807, 2.05) is 20.2 Å². The van der Waals surface area contributed by atoms with Gasteiger partial charge in [-0.2, -0.15) is 0 Å². The Hall–Kier alpha value is -3.62. The minimum atomic E-state index is -1.01. The number of hydrogen-bond acceptors (Lipinski definition) is 6. The fourth-order valence-corrected chi connectivity index (χ4v) is 5.70. The van der Waals surface area contributed by atoms with Crippen LogP contribution in [0.3, 0.4) is 0 Å². The monoisotopic (exact) mass is 496 g/mol. The third kappa shape index (κ3) is 4.10. The predicted molar refractivity (Wildman–Crippen MR) is 143 cm³/mol. The maximum atomic E-state index is 10.9. The minimum Gasteiger partial charge on any atom is -0.386 e. The van der Waals surface area contributed by atoms with Crippen LogP contribution in [0.15, 0.2) is 54.9 Å². The van der Waals surface area contributed by atoms with Crippen LogP contribution >= 0.6 is 0 Å². The van der Waals surface area contributed by atoms with Gasteiger partial charge in [-0.3, -0.25) is 9.97 Å². The van der Waals surface area contributed by atoms with Crippen molar-refractivity contribution in [1.82, 2.24) is 29.5 Å². The van der Waals surface area contributed by atoms with Crippen molar-refractivity contribution in [1.29, 1.82) is 0 Å². The molecule has 0 bridgehead atoms. The van der Waals surface area contributed by atoms with Gasteiger partial charge in [-0.05, 0) is 57.2 Å². The van der Waals surface area contributed by atoms with Crippen molar-refractivity contribution >= 4 is 22.1 Å². The molecule has 0 saturated carbocycles. The summed E-state index contributed by atoms with van der Waals surface area (Å²) in [5, 5.41) is 19.3. The van der Waals surface area contributed by atoms with Gasteiger partial charge in [0, 0.05) is 43.8 Å². The summed E-state index contributed by atoms with van der Waals surface area (Å²) in [5.41, 5.74) is 7.43. The van der Waals surface area contributed by atoms with E-state index in [4.69, 9.17) is 14.7 Å². The van der Waals surface area contributed by atoms with Crippen LogP contribution in [0.1, 0.15) is 49.6 Å². The van der Waals surface area contributed by atoms with Gasteiger partial charge in [0.05, 0.1) is 34.1 Å². The van der Waals surface area contributed by atoms with Gasteiger partial charge in [-0.15, -0.1) is 5.10 Å². The van der Waals surface area contributed by atoms with E-state index in [9.17, 15) is 5.11 Å². The summed E-state index contributed by atoms with van der Waals surface area (Å²) >= 11 is 0. The molecule has 0 spiro atoms. The molecule has 1 saturated heterocycles. The van der Waals surface area contributed by atoms with E-state index in [0.717, 1.165) is 70.6 Å². The first-order chi connectivity index (χ1) is 17.8. The summed E-state index contributed by atoms with van der Waals surface area (Å²) in [6.45, 7) is 7.06. The standard InChI is InChI=1S/C29H32N6O2/c1-18-27(34(4)33-32-18)21-14-23-25(30-16-21)26-24(15-22(17-31-26)29(2,3)36)35(23)28(19-8-6-5-7-9-19)20-10-12-37-13-11-20/h5-9,14-17,20,28,36H,10-13H2,1-4H3. The van der Waals surface area contributed by atoms with Gasteiger partial charge in [-0.1, -0.05) is 35.5 Å². The molecule has 8 nitrogen and oxygen atoms in total. The molecule has 0 radical (unpaired) electrons. The highest BCUT2D eigenvalue weighted by atomic mass is 16.5. The molecule has 6 rings (SSSR count). The van der Waals surface area contributed by atoms with Gasteiger partial charge < -0.3 is 14.4 Å². The Morgan fingerprint density at radius 1 is 1.00 bits per heavy atom. The van der Waals surface area contributed by atoms with Gasteiger partial charge in [0.1, 0.15) is 11.0 Å². The lowest BCUT2D eigenvalue weighted by atomic mass is 9.86. The van der Waals surface area contributed by atoms with Crippen LogP contribution in [-0.4, -0.2) is 47.8 Å². The van der Waals surface area contributed by atoms with E-state index in [1.165, 1.54) is 5.56 Å². The third-order valence-corrected chi connectivity index (χ3v) is 7.59. The van der Waals surface area contributed by atoms with Crippen LogP contribution in [0, 0.1) is 12.8 Å². The second kappa shape index (κ2) is 9.04. The van der Waals surface area contributed by atoms with Crippen molar-refractivity contribution in [3.05, 3.63) is 71.7 Å². The summed E-state index contributed by atoms with van der Waals surface area (Å²) in [4.78, 5) is 9.79. The number of benzene rings is 1. The molecule has 0 amide bonds. The van der Waals surface area contributed by atoms with Gasteiger partial charge in [-0.25, -0.2) is 4.68 Å². The molecule has 5 aromatic rings. The highest BCUT2D eigenvalue weighted by Gasteiger charge is 2.31. The molecule has 0 aliphatic carbocycles. The van der Waals surface area contributed by atoms with Crippen molar-refractivity contribution in [2.45, 2.75) is 45.3 Å². The Kier molecular flexibility index (Phi) is 5.81. The van der Waals surface area contributed by atoms with Crippen LogP contribution in [0.25, 0.3) is 33.3 Å². The van der Waals surface area contributed by atoms with Gasteiger partial charge in [0.2, 0.25) is 0 Å². The van der Waals surface area contributed by atoms with E-state index < -0.39 is 5.60 Å². The van der Waals surface area contributed by atoms with Gasteiger partial charge in [0.25, 0.3) is 0 Å². The van der Waals surface area contributed by atoms with E-state index >= 15 is 0 Å². The average molecular weight is 497 g/mol. The summed E-state index contributed by atoms with van der Waals surface area (Å²) in [5.74, 6) is 0.379. The lowest BCUT2D eigenvalue weighted by Crippen LogP contribution is -2.27. The van der Waals surface area contributed by atoms with E-state index in [2.05, 4.69) is 57.3 Å². The SMILES string of the molecule is Cc1nnn(C)c1-c1cnc2c3ncc(C(C)(C)O)cc3n(C(c3ccccc3)C3CCOCC3)c2c1. The van der Waals surface area contributed by atoms with Gasteiger partial charge in [0.15, 0.2) is 0 Å². The average Bonchev–Trinajstić information content (AvgIpc) is 3.40. The number of fused-ring (bicyclic) bond motifs is 3. The molecule has 1 fully saturated rings. The number of nitrogens with zero attached hydrogens (tertiary/aromatic N) is 6. The largest absolute Gasteiger partial charge is 0.386 e. The lowest BCUT2D eigenvalue weighted by molar-refractivity contribution is 0.0552. The number of aliphatic hydroxyl groups is 1. The van der Waals surface area contributed by atoms with Crippen molar-refractivity contribution < 1.29 is 9.84 Å². The molecule has 1 aliphatic rings. The highest BCUT2D eigenvalue weighted by Crippen LogP contribution is 2.41. The zero-order chi connectivity index (χ0) is 25.7. The number of pyridine rings is 2. The first-order valence-corrected chi connectivity index (χ1v) is 12.8. The van der Waals surface area contributed by atoms with Crippen LogP contribution in [-0.2, 0) is 17.4 Å².